The highest BCUT2D eigenvalue weighted by Gasteiger charge is 2.11. The van der Waals surface area contributed by atoms with E-state index in [0.29, 0.717) is 17.2 Å². The van der Waals surface area contributed by atoms with Crippen LogP contribution in [-0.2, 0) is 0 Å². The van der Waals surface area contributed by atoms with E-state index in [4.69, 9.17) is 5.26 Å². The maximum atomic E-state index is 13.3. The van der Waals surface area contributed by atoms with Crippen LogP contribution in [0.2, 0.25) is 0 Å². The predicted octanol–water partition coefficient (Wildman–Crippen LogP) is 4.01. The molecule has 0 spiro atoms. The molecule has 0 aliphatic heterocycles. The lowest BCUT2D eigenvalue weighted by molar-refractivity contribution is 0.262. The zero-order valence-corrected chi connectivity index (χ0v) is 13.9. The summed E-state index contributed by atoms with van der Waals surface area (Å²) in [6.07, 6.45) is 3.38. The van der Waals surface area contributed by atoms with Gasteiger partial charge >= 0.3 is 6.03 Å². The van der Waals surface area contributed by atoms with Crippen molar-refractivity contribution in [1.29, 1.82) is 5.26 Å². The number of benzene rings is 2. The van der Waals surface area contributed by atoms with Gasteiger partial charge in [-0.05, 0) is 30.3 Å². The molecule has 8 heteroatoms. The van der Waals surface area contributed by atoms with Crippen LogP contribution in [0.25, 0.3) is 16.6 Å². The molecule has 0 radical (unpaired) electrons. The summed E-state index contributed by atoms with van der Waals surface area (Å²) >= 11 is 0. The summed E-state index contributed by atoms with van der Waals surface area (Å²) in [5, 5.41) is 19.7. The van der Waals surface area contributed by atoms with Crippen molar-refractivity contribution in [3.05, 3.63) is 72.3 Å². The molecule has 0 aliphatic carbocycles. The topological polar surface area (TPSA) is 98.5 Å². The maximum Gasteiger partial charge on any atom is 0.324 e. The van der Waals surface area contributed by atoms with E-state index in [0.717, 1.165) is 17.0 Å². The molecule has 0 unspecified atom stereocenters. The predicted molar refractivity (Wildman–Crippen MR) is 99.2 cm³/mol. The number of aromatic amines is 1. The number of fused-ring (bicyclic) bond motifs is 1. The summed E-state index contributed by atoms with van der Waals surface area (Å²) in [7, 11) is 0. The molecular formula is C19H13FN6O. The molecule has 2 aromatic carbocycles. The summed E-state index contributed by atoms with van der Waals surface area (Å²) in [5.41, 5.74) is 2.03. The van der Waals surface area contributed by atoms with E-state index in [1.807, 2.05) is 24.3 Å². The number of anilines is 2. The SMILES string of the molecule is N#Cc1cc(F)ccc1-n1ccc(NC(=O)Nc2cccc3cc[nH]c23)n1. The molecule has 0 atom stereocenters. The average molecular weight is 360 g/mol. The highest BCUT2D eigenvalue weighted by molar-refractivity contribution is 6.04. The normalized spacial score (nSPS) is 10.5. The Balaban J connectivity index is 1.52. The number of hydrogen-bond acceptors (Lipinski definition) is 3. The lowest BCUT2D eigenvalue weighted by Crippen LogP contribution is -2.20. The van der Waals surface area contributed by atoms with E-state index in [9.17, 15) is 9.18 Å². The molecule has 2 heterocycles. The number of rotatable bonds is 3. The van der Waals surface area contributed by atoms with Gasteiger partial charge in [-0.1, -0.05) is 12.1 Å². The van der Waals surface area contributed by atoms with Gasteiger partial charge in [-0.15, -0.1) is 5.10 Å². The van der Waals surface area contributed by atoms with Crippen molar-refractivity contribution in [2.24, 2.45) is 0 Å². The first-order chi connectivity index (χ1) is 13.1. The monoisotopic (exact) mass is 360 g/mol. The number of H-pyrrole nitrogens is 1. The first kappa shape index (κ1) is 16.4. The first-order valence-electron chi connectivity index (χ1n) is 8.04. The molecule has 0 saturated carbocycles. The second-order valence-electron chi connectivity index (χ2n) is 5.75. The third-order valence-electron chi connectivity index (χ3n) is 3.99. The Morgan fingerprint density at radius 3 is 2.93 bits per heavy atom. The largest absolute Gasteiger partial charge is 0.359 e. The van der Waals surface area contributed by atoms with Gasteiger partial charge in [-0.2, -0.15) is 5.26 Å². The molecule has 0 saturated heterocycles. The molecule has 132 valence electrons. The number of nitriles is 1. The van der Waals surface area contributed by atoms with Crippen LogP contribution in [0.5, 0.6) is 0 Å². The molecule has 0 aliphatic rings. The fourth-order valence-corrected chi connectivity index (χ4v) is 2.78. The Bertz CT molecular complexity index is 1190. The van der Waals surface area contributed by atoms with Gasteiger partial charge in [-0.25, -0.2) is 13.9 Å². The van der Waals surface area contributed by atoms with Crippen LogP contribution in [0.3, 0.4) is 0 Å². The van der Waals surface area contributed by atoms with E-state index in [1.165, 1.54) is 16.8 Å². The molecular weight excluding hydrogens is 347 g/mol. The number of nitrogens with one attached hydrogen (secondary N) is 3. The highest BCUT2D eigenvalue weighted by atomic mass is 19.1. The van der Waals surface area contributed by atoms with Crippen LogP contribution in [0, 0.1) is 17.1 Å². The summed E-state index contributed by atoms with van der Waals surface area (Å²) in [4.78, 5) is 15.4. The van der Waals surface area contributed by atoms with E-state index in [-0.39, 0.29) is 5.56 Å². The highest BCUT2D eigenvalue weighted by Crippen LogP contribution is 2.22. The van der Waals surface area contributed by atoms with Gasteiger partial charge < -0.3 is 10.3 Å². The number of carbonyl (C=O) groups excluding carboxylic acids is 1. The molecule has 4 rings (SSSR count). The van der Waals surface area contributed by atoms with Gasteiger partial charge in [0.2, 0.25) is 0 Å². The number of amides is 2. The smallest absolute Gasteiger partial charge is 0.324 e. The van der Waals surface area contributed by atoms with Crippen molar-refractivity contribution in [1.82, 2.24) is 14.8 Å². The molecule has 2 amide bonds. The van der Waals surface area contributed by atoms with Crippen molar-refractivity contribution in [2.45, 2.75) is 0 Å². The van der Waals surface area contributed by atoms with Gasteiger partial charge in [0.05, 0.1) is 22.5 Å². The minimum Gasteiger partial charge on any atom is -0.359 e. The van der Waals surface area contributed by atoms with Gasteiger partial charge in [-0.3, -0.25) is 5.32 Å². The summed E-state index contributed by atoms with van der Waals surface area (Å²) in [6.45, 7) is 0. The average Bonchev–Trinajstić information content (AvgIpc) is 3.31. The lowest BCUT2D eigenvalue weighted by Gasteiger charge is -2.07. The van der Waals surface area contributed by atoms with Gasteiger partial charge in [0.25, 0.3) is 0 Å². The zero-order chi connectivity index (χ0) is 18.8. The maximum absolute atomic E-state index is 13.3. The van der Waals surface area contributed by atoms with Crippen LogP contribution in [0.15, 0.2) is 60.9 Å². The van der Waals surface area contributed by atoms with Crippen LogP contribution < -0.4 is 10.6 Å². The second-order valence-corrected chi connectivity index (χ2v) is 5.75. The van der Waals surface area contributed by atoms with Crippen LogP contribution in [0.4, 0.5) is 20.7 Å². The number of halogens is 1. The van der Waals surface area contributed by atoms with Gasteiger partial charge in [0, 0.05) is 23.8 Å². The van der Waals surface area contributed by atoms with E-state index < -0.39 is 11.8 Å². The number of nitrogens with zero attached hydrogens (tertiary/aromatic N) is 3. The molecule has 0 bridgehead atoms. The fraction of sp³-hybridized carbons (Fsp3) is 0. The number of hydrogen-bond donors (Lipinski definition) is 3. The number of aromatic nitrogens is 3. The Morgan fingerprint density at radius 1 is 1.19 bits per heavy atom. The number of carbonyl (C=O) groups is 1. The molecule has 2 aromatic heterocycles. The third-order valence-corrected chi connectivity index (χ3v) is 3.99. The van der Waals surface area contributed by atoms with Crippen LogP contribution >= 0.6 is 0 Å². The molecule has 3 N–H and O–H groups in total. The van der Waals surface area contributed by atoms with Crippen molar-refractivity contribution in [2.75, 3.05) is 10.6 Å². The standard InChI is InChI=1S/C19H13FN6O/c20-14-4-5-16(13(10-14)11-21)26-9-7-17(25-26)24-19(27)23-15-3-1-2-12-6-8-22-18(12)15/h1-10,22H,(H2,23,24,25,27). The minimum absolute atomic E-state index is 0.146. The Morgan fingerprint density at radius 2 is 2.07 bits per heavy atom. The Labute approximate surface area is 153 Å². The number of para-hydroxylation sites is 1. The van der Waals surface area contributed by atoms with E-state index in [1.54, 1.807) is 24.5 Å². The molecule has 0 fully saturated rings. The first-order valence-corrected chi connectivity index (χ1v) is 8.04. The molecule has 7 nitrogen and oxygen atoms in total. The Hall–Kier alpha value is -4.12. The summed E-state index contributed by atoms with van der Waals surface area (Å²) < 4.78 is 14.7. The molecule has 4 aromatic rings. The van der Waals surface area contributed by atoms with E-state index >= 15 is 0 Å². The number of urea groups is 1. The summed E-state index contributed by atoms with van der Waals surface area (Å²) in [6, 6.07) is 14.4. The minimum atomic E-state index is -0.501. The van der Waals surface area contributed by atoms with Crippen molar-refractivity contribution < 1.29 is 9.18 Å². The van der Waals surface area contributed by atoms with Crippen molar-refractivity contribution >= 4 is 28.4 Å². The van der Waals surface area contributed by atoms with Crippen molar-refractivity contribution in [3.8, 4) is 11.8 Å². The van der Waals surface area contributed by atoms with Crippen LogP contribution in [0.1, 0.15) is 5.56 Å². The fourth-order valence-electron chi connectivity index (χ4n) is 2.78. The van der Waals surface area contributed by atoms with Crippen molar-refractivity contribution in [3.63, 3.8) is 0 Å². The van der Waals surface area contributed by atoms with Crippen LogP contribution in [-0.4, -0.2) is 20.8 Å². The van der Waals surface area contributed by atoms with Gasteiger partial charge in [0.15, 0.2) is 5.82 Å². The third kappa shape index (κ3) is 3.21. The lowest BCUT2D eigenvalue weighted by atomic mass is 10.2. The zero-order valence-electron chi connectivity index (χ0n) is 13.9. The van der Waals surface area contributed by atoms with E-state index in [2.05, 4.69) is 20.7 Å². The van der Waals surface area contributed by atoms with Gasteiger partial charge in [0.1, 0.15) is 11.9 Å². The Kier molecular flexibility index (Phi) is 4.03. The molecule has 27 heavy (non-hydrogen) atoms. The second kappa shape index (κ2) is 6.65. The summed E-state index contributed by atoms with van der Waals surface area (Å²) in [5.74, 6) is -0.210. The quantitative estimate of drug-likeness (QED) is 0.515.